The number of rotatable bonds is 4. The molecule has 1 heterocycles. The number of benzene rings is 1. The number of anilines is 2. The molecule has 0 saturated carbocycles. The summed E-state index contributed by atoms with van der Waals surface area (Å²) in [6.07, 6.45) is 4.03. The summed E-state index contributed by atoms with van der Waals surface area (Å²) in [5.41, 5.74) is 3.85. The number of aryl methyl sites for hydroxylation is 1. The quantitative estimate of drug-likeness (QED) is 0.899. The van der Waals surface area contributed by atoms with Crippen LogP contribution in [-0.2, 0) is 0 Å². The average molecular weight is 261 g/mol. The number of nitrogens with one attached hydrogen (secondary N) is 1. The molecule has 0 aliphatic carbocycles. The van der Waals surface area contributed by atoms with Gasteiger partial charge in [-0.15, -0.1) is 0 Å². The Morgan fingerprint density at radius 3 is 2.79 bits per heavy atom. The molecule has 0 amide bonds. The third-order valence-corrected chi connectivity index (χ3v) is 4.15. The van der Waals surface area contributed by atoms with E-state index in [2.05, 4.69) is 61.4 Å². The zero-order chi connectivity index (χ0) is 13.8. The highest BCUT2D eigenvalue weighted by atomic mass is 15.2. The Balaban J connectivity index is 1.97. The minimum atomic E-state index is 0.679. The summed E-state index contributed by atoms with van der Waals surface area (Å²) in [4.78, 5) is 4.66. The van der Waals surface area contributed by atoms with Crippen LogP contribution in [0.5, 0.6) is 0 Å². The monoisotopic (exact) mass is 261 g/mol. The third kappa shape index (κ3) is 3.63. The Morgan fingerprint density at radius 2 is 2.11 bits per heavy atom. The topological polar surface area (TPSA) is 18.5 Å². The molecule has 1 N–H and O–H groups in total. The number of piperidine rings is 1. The Morgan fingerprint density at radius 1 is 1.32 bits per heavy atom. The summed E-state index contributed by atoms with van der Waals surface area (Å²) in [6, 6.07) is 7.31. The molecule has 1 aromatic rings. The maximum atomic E-state index is 3.60. The minimum absolute atomic E-state index is 0.679. The smallest absolute Gasteiger partial charge is 0.0411 e. The summed E-state index contributed by atoms with van der Waals surface area (Å²) in [6.45, 7) is 4.45. The lowest BCUT2D eigenvalue weighted by Gasteiger charge is -2.32. The molecule has 19 heavy (non-hydrogen) atoms. The second-order valence-electron chi connectivity index (χ2n) is 5.91. The standard InChI is InChI=1S/C16H27N3/c1-13-8-9-14(11-16(13)18(2)3)17-12-15-7-5-6-10-19(15)4/h8-9,11,15,17H,5-7,10,12H2,1-4H3. The van der Waals surface area contributed by atoms with E-state index in [1.807, 2.05) is 0 Å². The zero-order valence-electron chi connectivity index (χ0n) is 12.7. The molecule has 0 bridgehead atoms. The summed E-state index contributed by atoms with van der Waals surface area (Å²) in [5, 5.41) is 3.60. The van der Waals surface area contributed by atoms with Crippen molar-refractivity contribution in [2.75, 3.05) is 44.4 Å². The van der Waals surface area contributed by atoms with Gasteiger partial charge in [0.1, 0.15) is 0 Å². The highest BCUT2D eigenvalue weighted by Gasteiger charge is 2.18. The number of hydrogen-bond donors (Lipinski definition) is 1. The fraction of sp³-hybridized carbons (Fsp3) is 0.625. The van der Waals surface area contributed by atoms with E-state index in [0.29, 0.717) is 6.04 Å². The number of hydrogen-bond acceptors (Lipinski definition) is 3. The number of likely N-dealkylation sites (tertiary alicyclic amines) is 1. The van der Waals surface area contributed by atoms with Crippen LogP contribution in [0.25, 0.3) is 0 Å². The Bertz CT molecular complexity index is 414. The molecule has 1 aromatic carbocycles. The van der Waals surface area contributed by atoms with Gasteiger partial charge in [-0.05, 0) is 51.1 Å². The molecule has 1 fully saturated rings. The predicted octanol–water partition coefficient (Wildman–Crippen LogP) is 2.96. The minimum Gasteiger partial charge on any atom is -0.383 e. The molecule has 1 aliphatic rings. The van der Waals surface area contributed by atoms with Gasteiger partial charge in [0.05, 0.1) is 0 Å². The highest BCUT2D eigenvalue weighted by molar-refractivity contribution is 5.61. The molecule has 106 valence electrons. The fourth-order valence-electron chi connectivity index (χ4n) is 2.84. The summed E-state index contributed by atoms with van der Waals surface area (Å²) in [7, 11) is 6.44. The molecule has 0 radical (unpaired) electrons. The van der Waals surface area contributed by atoms with E-state index in [4.69, 9.17) is 0 Å². The molecule has 1 unspecified atom stereocenters. The molecule has 1 atom stereocenters. The first-order chi connectivity index (χ1) is 9.08. The van der Waals surface area contributed by atoms with E-state index in [-0.39, 0.29) is 0 Å². The van der Waals surface area contributed by atoms with E-state index in [0.717, 1.165) is 6.54 Å². The van der Waals surface area contributed by atoms with Gasteiger partial charge in [0.15, 0.2) is 0 Å². The van der Waals surface area contributed by atoms with Crippen LogP contribution in [0, 0.1) is 6.92 Å². The second-order valence-corrected chi connectivity index (χ2v) is 5.91. The molecule has 1 saturated heterocycles. The molecule has 3 heteroatoms. The van der Waals surface area contributed by atoms with Crippen LogP contribution in [0.3, 0.4) is 0 Å². The van der Waals surface area contributed by atoms with Gasteiger partial charge in [-0.3, -0.25) is 0 Å². The normalized spacial score (nSPS) is 20.3. The summed E-state index contributed by atoms with van der Waals surface area (Å²) >= 11 is 0. The highest BCUT2D eigenvalue weighted by Crippen LogP contribution is 2.23. The van der Waals surface area contributed by atoms with E-state index in [1.165, 1.54) is 42.7 Å². The maximum absolute atomic E-state index is 3.60. The van der Waals surface area contributed by atoms with Crippen LogP contribution in [-0.4, -0.2) is 45.2 Å². The van der Waals surface area contributed by atoms with Gasteiger partial charge in [0.25, 0.3) is 0 Å². The molecule has 2 rings (SSSR count). The lowest BCUT2D eigenvalue weighted by molar-refractivity contribution is 0.194. The van der Waals surface area contributed by atoms with Crippen LogP contribution in [0.15, 0.2) is 18.2 Å². The molecular weight excluding hydrogens is 234 g/mol. The Kier molecular flexibility index (Phi) is 4.70. The van der Waals surface area contributed by atoms with E-state index < -0.39 is 0 Å². The largest absolute Gasteiger partial charge is 0.383 e. The Labute approximate surface area is 117 Å². The SMILES string of the molecule is Cc1ccc(NCC2CCCCN2C)cc1N(C)C. The summed E-state index contributed by atoms with van der Waals surface area (Å²) in [5.74, 6) is 0. The van der Waals surface area contributed by atoms with Crippen LogP contribution in [0.4, 0.5) is 11.4 Å². The van der Waals surface area contributed by atoms with Crippen molar-refractivity contribution in [1.82, 2.24) is 4.90 Å². The average Bonchev–Trinajstić information content (AvgIpc) is 2.39. The summed E-state index contributed by atoms with van der Waals surface area (Å²) < 4.78 is 0. The first-order valence-corrected chi connectivity index (χ1v) is 7.30. The van der Waals surface area contributed by atoms with Gasteiger partial charge in [-0.2, -0.15) is 0 Å². The van der Waals surface area contributed by atoms with Crippen molar-refractivity contribution < 1.29 is 0 Å². The first kappa shape index (κ1) is 14.2. The van der Waals surface area contributed by atoms with E-state index in [1.54, 1.807) is 0 Å². The second kappa shape index (κ2) is 6.29. The van der Waals surface area contributed by atoms with Crippen molar-refractivity contribution in [1.29, 1.82) is 0 Å². The molecule has 0 spiro atoms. The van der Waals surface area contributed by atoms with Gasteiger partial charge in [0, 0.05) is 38.1 Å². The molecular formula is C16H27N3. The van der Waals surface area contributed by atoms with Gasteiger partial charge >= 0.3 is 0 Å². The number of nitrogens with zero attached hydrogens (tertiary/aromatic N) is 2. The lowest BCUT2D eigenvalue weighted by Crippen LogP contribution is -2.40. The maximum Gasteiger partial charge on any atom is 0.0411 e. The van der Waals surface area contributed by atoms with Crippen LogP contribution in [0.2, 0.25) is 0 Å². The molecule has 3 nitrogen and oxygen atoms in total. The van der Waals surface area contributed by atoms with Crippen LogP contribution >= 0.6 is 0 Å². The van der Waals surface area contributed by atoms with Crippen molar-refractivity contribution in [2.45, 2.75) is 32.2 Å². The zero-order valence-corrected chi connectivity index (χ0v) is 12.7. The van der Waals surface area contributed by atoms with Crippen molar-refractivity contribution in [2.24, 2.45) is 0 Å². The van der Waals surface area contributed by atoms with E-state index >= 15 is 0 Å². The molecule has 0 aromatic heterocycles. The third-order valence-electron chi connectivity index (χ3n) is 4.15. The number of likely N-dealkylation sites (N-methyl/N-ethyl adjacent to an activating group) is 1. The van der Waals surface area contributed by atoms with Crippen molar-refractivity contribution >= 4 is 11.4 Å². The van der Waals surface area contributed by atoms with Gasteiger partial charge in [0.2, 0.25) is 0 Å². The first-order valence-electron chi connectivity index (χ1n) is 7.30. The van der Waals surface area contributed by atoms with Crippen molar-refractivity contribution in [3.63, 3.8) is 0 Å². The van der Waals surface area contributed by atoms with Gasteiger partial charge in [-0.1, -0.05) is 12.5 Å². The van der Waals surface area contributed by atoms with Gasteiger partial charge < -0.3 is 15.1 Å². The van der Waals surface area contributed by atoms with Crippen molar-refractivity contribution in [3.05, 3.63) is 23.8 Å². The molecule has 1 aliphatic heterocycles. The predicted molar refractivity (Wildman–Crippen MR) is 84.3 cm³/mol. The van der Waals surface area contributed by atoms with Gasteiger partial charge in [-0.25, -0.2) is 0 Å². The van der Waals surface area contributed by atoms with Crippen LogP contribution in [0.1, 0.15) is 24.8 Å². The van der Waals surface area contributed by atoms with Crippen LogP contribution < -0.4 is 10.2 Å². The van der Waals surface area contributed by atoms with Crippen molar-refractivity contribution in [3.8, 4) is 0 Å². The lowest BCUT2D eigenvalue weighted by atomic mass is 10.0. The Hall–Kier alpha value is -1.22. The van der Waals surface area contributed by atoms with E-state index in [9.17, 15) is 0 Å². The fourth-order valence-corrected chi connectivity index (χ4v) is 2.84.